The number of amides is 1. The maximum Gasteiger partial charge on any atom is 0.261 e. The summed E-state index contributed by atoms with van der Waals surface area (Å²) in [4.78, 5) is 15.5. The molecule has 2 aromatic carbocycles. The molecule has 4 rings (SSSR count). The van der Waals surface area contributed by atoms with E-state index >= 15 is 0 Å². The van der Waals surface area contributed by atoms with Crippen LogP contribution in [0.15, 0.2) is 47.1 Å². The van der Waals surface area contributed by atoms with E-state index in [0.29, 0.717) is 15.6 Å². The van der Waals surface area contributed by atoms with Gasteiger partial charge in [-0.1, -0.05) is 35.3 Å². The quantitative estimate of drug-likeness (QED) is 0.372. The van der Waals surface area contributed by atoms with Crippen molar-refractivity contribution in [3.8, 4) is 0 Å². The molecule has 0 spiro atoms. The van der Waals surface area contributed by atoms with Gasteiger partial charge >= 0.3 is 0 Å². The van der Waals surface area contributed by atoms with Crippen molar-refractivity contribution < 1.29 is 4.79 Å². The lowest BCUT2D eigenvalue weighted by Crippen LogP contribution is -2.31. The van der Waals surface area contributed by atoms with Crippen LogP contribution in [0.25, 0.3) is 0 Å². The summed E-state index contributed by atoms with van der Waals surface area (Å²) in [5.41, 5.74) is 5.61. The zero-order valence-corrected chi connectivity index (χ0v) is 19.7. The normalized spacial score (nSPS) is 16.1. The lowest BCUT2D eigenvalue weighted by molar-refractivity contribution is 0.0993. The second kappa shape index (κ2) is 7.50. The molecule has 0 saturated heterocycles. The average Bonchev–Trinajstić information content (AvgIpc) is 3.11. The first-order valence-electron chi connectivity index (χ1n) is 9.47. The first-order valence-corrected chi connectivity index (χ1v) is 11.0. The van der Waals surface area contributed by atoms with Crippen LogP contribution in [0.2, 0.25) is 10.0 Å². The third-order valence-corrected chi connectivity index (χ3v) is 6.55. The predicted molar refractivity (Wildman–Crippen MR) is 124 cm³/mol. The smallest absolute Gasteiger partial charge is 0.261 e. The molecule has 1 aliphatic heterocycles. The summed E-state index contributed by atoms with van der Waals surface area (Å²) in [6.45, 7) is 8.27. The van der Waals surface area contributed by atoms with E-state index in [4.69, 9.17) is 23.2 Å². The summed E-state index contributed by atoms with van der Waals surface area (Å²) in [6.07, 6.45) is 0. The van der Waals surface area contributed by atoms with Crippen molar-refractivity contribution in [2.24, 2.45) is 0 Å². The number of benzene rings is 2. The van der Waals surface area contributed by atoms with Crippen LogP contribution in [-0.2, 0) is 0 Å². The van der Waals surface area contributed by atoms with Crippen LogP contribution in [-0.4, -0.2) is 10.5 Å². The van der Waals surface area contributed by atoms with Crippen LogP contribution in [0.4, 0.5) is 5.69 Å². The molecule has 0 saturated carbocycles. The number of carbonyl (C=O) groups is 1. The monoisotopic (exact) mass is 490 g/mol. The maximum absolute atomic E-state index is 13.6. The Hall–Kier alpha value is -1.75. The number of hydrogen-bond donors (Lipinski definition) is 0. The molecule has 29 heavy (non-hydrogen) atoms. The highest BCUT2D eigenvalue weighted by Gasteiger charge is 2.43. The lowest BCUT2D eigenvalue weighted by Gasteiger charge is -2.30. The Bertz CT molecular complexity index is 1140. The summed E-state index contributed by atoms with van der Waals surface area (Å²) in [7, 11) is 0. The van der Waals surface area contributed by atoms with Gasteiger partial charge in [0.2, 0.25) is 0 Å². The van der Waals surface area contributed by atoms with Crippen LogP contribution in [0.5, 0.6) is 0 Å². The Morgan fingerprint density at radius 3 is 2.28 bits per heavy atom. The highest BCUT2D eigenvalue weighted by atomic mass is 79.9. The van der Waals surface area contributed by atoms with E-state index in [1.54, 1.807) is 0 Å². The number of halogens is 3. The predicted octanol–water partition coefficient (Wildman–Crippen LogP) is 7.50. The SMILES string of the molecule is Cc1cc(Cl)ccc1C1c2c(cc(Br)n2C(C)C)C(=O)N1c1cc(Cl)ccc1C. The third-order valence-electron chi connectivity index (χ3n) is 5.47. The number of nitrogens with zero attached hydrogens (tertiary/aromatic N) is 2. The Morgan fingerprint density at radius 1 is 0.966 bits per heavy atom. The zero-order valence-electron chi connectivity index (χ0n) is 16.6. The number of aromatic nitrogens is 1. The highest BCUT2D eigenvalue weighted by molar-refractivity contribution is 9.10. The van der Waals surface area contributed by atoms with E-state index in [1.165, 1.54) is 0 Å². The highest BCUT2D eigenvalue weighted by Crippen LogP contribution is 2.47. The largest absolute Gasteiger partial charge is 0.334 e. The van der Waals surface area contributed by atoms with Gasteiger partial charge in [-0.05, 0) is 90.6 Å². The van der Waals surface area contributed by atoms with Gasteiger partial charge in [0.05, 0.1) is 15.9 Å². The second-order valence-electron chi connectivity index (χ2n) is 7.74. The first-order chi connectivity index (χ1) is 13.7. The van der Waals surface area contributed by atoms with Crippen LogP contribution >= 0.6 is 39.1 Å². The molecule has 0 bridgehead atoms. The van der Waals surface area contributed by atoms with Gasteiger partial charge in [-0.15, -0.1) is 0 Å². The van der Waals surface area contributed by atoms with E-state index < -0.39 is 0 Å². The lowest BCUT2D eigenvalue weighted by atomic mass is 9.97. The molecule has 0 N–H and O–H groups in total. The molecule has 1 unspecified atom stereocenters. The minimum absolute atomic E-state index is 0.0233. The van der Waals surface area contributed by atoms with Crippen molar-refractivity contribution in [3.63, 3.8) is 0 Å². The van der Waals surface area contributed by atoms with Crippen LogP contribution in [0, 0.1) is 13.8 Å². The van der Waals surface area contributed by atoms with Crippen molar-refractivity contribution in [3.05, 3.63) is 85.1 Å². The van der Waals surface area contributed by atoms with Gasteiger partial charge in [-0.3, -0.25) is 9.69 Å². The van der Waals surface area contributed by atoms with Gasteiger partial charge in [0, 0.05) is 21.8 Å². The Kier molecular flexibility index (Phi) is 5.30. The van der Waals surface area contributed by atoms with Crippen molar-refractivity contribution >= 4 is 50.7 Å². The Morgan fingerprint density at radius 2 is 1.62 bits per heavy atom. The van der Waals surface area contributed by atoms with Crippen LogP contribution in [0.1, 0.15) is 58.7 Å². The van der Waals surface area contributed by atoms with Gasteiger partial charge < -0.3 is 4.57 Å². The molecule has 150 valence electrons. The number of rotatable bonds is 3. The van der Waals surface area contributed by atoms with Crippen molar-refractivity contribution in [2.45, 2.75) is 39.8 Å². The molecule has 1 atom stereocenters. The third kappa shape index (κ3) is 3.31. The van der Waals surface area contributed by atoms with Crippen LogP contribution < -0.4 is 4.90 Å². The molecule has 0 aliphatic carbocycles. The van der Waals surface area contributed by atoms with Gasteiger partial charge in [-0.25, -0.2) is 0 Å². The topological polar surface area (TPSA) is 25.2 Å². The van der Waals surface area contributed by atoms with E-state index in [-0.39, 0.29) is 18.0 Å². The first kappa shape index (κ1) is 20.5. The van der Waals surface area contributed by atoms with Gasteiger partial charge in [-0.2, -0.15) is 0 Å². The molecular weight excluding hydrogens is 471 g/mol. The fraction of sp³-hybridized carbons (Fsp3) is 0.261. The van der Waals surface area contributed by atoms with Gasteiger partial charge in [0.15, 0.2) is 0 Å². The molecule has 3 nitrogen and oxygen atoms in total. The molecule has 1 aliphatic rings. The van der Waals surface area contributed by atoms with Crippen molar-refractivity contribution in [1.82, 2.24) is 4.57 Å². The van der Waals surface area contributed by atoms with Gasteiger partial charge in [0.1, 0.15) is 6.04 Å². The fourth-order valence-corrected chi connectivity index (χ4v) is 5.40. The van der Waals surface area contributed by atoms with Crippen molar-refractivity contribution in [1.29, 1.82) is 0 Å². The minimum Gasteiger partial charge on any atom is -0.334 e. The number of aryl methyl sites for hydroxylation is 2. The number of carbonyl (C=O) groups excluding carboxylic acids is 1. The van der Waals surface area contributed by atoms with Crippen LogP contribution in [0.3, 0.4) is 0 Å². The number of fused-ring (bicyclic) bond motifs is 1. The van der Waals surface area contributed by atoms with E-state index in [2.05, 4.69) is 34.3 Å². The molecule has 0 radical (unpaired) electrons. The standard InChI is InChI=1S/C23H21BrCl2N2O/c1-12(2)27-20(24)11-18-22(27)21(17-8-7-15(25)9-14(17)4)28(23(18)29)19-10-16(26)6-5-13(19)3/h5-12,21H,1-4H3. The molecule has 3 aromatic rings. The second-order valence-corrected chi connectivity index (χ2v) is 9.42. The van der Waals surface area contributed by atoms with E-state index in [9.17, 15) is 4.79 Å². The summed E-state index contributed by atoms with van der Waals surface area (Å²) in [5.74, 6) is -0.0233. The molecule has 0 fully saturated rings. The minimum atomic E-state index is -0.263. The average molecular weight is 492 g/mol. The summed E-state index contributed by atoms with van der Waals surface area (Å²) in [5, 5.41) is 1.29. The zero-order chi connectivity index (χ0) is 21.0. The molecule has 1 amide bonds. The molecule has 1 aromatic heterocycles. The number of hydrogen-bond acceptors (Lipinski definition) is 1. The molecule has 2 heterocycles. The van der Waals surface area contributed by atoms with Crippen molar-refractivity contribution in [2.75, 3.05) is 4.90 Å². The molecular formula is C23H21BrCl2N2O. The van der Waals surface area contributed by atoms with E-state index in [0.717, 1.165) is 32.7 Å². The van der Waals surface area contributed by atoms with E-state index in [1.807, 2.05) is 61.2 Å². The summed E-state index contributed by atoms with van der Waals surface area (Å²) in [6, 6.07) is 13.4. The molecule has 6 heteroatoms. The Labute approximate surface area is 189 Å². The maximum atomic E-state index is 13.6. The van der Waals surface area contributed by atoms with Gasteiger partial charge in [0.25, 0.3) is 5.91 Å². The summed E-state index contributed by atoms with van der Waals surface area (Å²) < 4.78 is 3.09. The summed E-state index contributed by atoms with van der Waals surface area (Å²) >= 11 is 16.2. The number of anilines is 1. The fourth-order valence-electron chi connectivity index (χ4n) is 4.17. The Balaban J connectivity index is 2.03.